The molecule has 0 spiro atoms. The molecule has 0 unspecified atom stereocenters. The minimum Gasteiger partial charge on any atom is -0.478 e. The van der Waals surface area contributed by atoms with Crippen molar-refractivity contribution in [3.05, 3.63) is 108 Å². The largest absolute Gasteiger partial charge is 0.478 e. The van der Waals surface area contributed by atoms with Gasteiger partial charge in [-0.2, -0.15) is 0 Å². The molecule has 3 N–H and O–H groups in total. The van der Waals surface area contributed by atoms with Crippen molar-refractivity contribution in [3.63, 3.8) is 0 Å². The number of benzene rings is 3. The van der Waals surface area contributed by atoms with Crippen molar-refractivity contribution in [1.29, 1.82) is 0 Å². The molecule has 2 amide bonds. The fourth-order valence-electron chi connectivity index (χ4n) is 3.29. The van der Waals surface area contributed by atoms with E-state index in [2.05, 4.69) is 10.6 Å². The number of nitrogens with one attached hydrogen (secondary N) is 2. The van der Waals surface area contributed by atoms with Crippen molar-refractivity contribution >= 4 is 29.2 Å². The molecule has 0 radical (unpaired) electrons. The monoisotopic (exact) mass is 426 g/mol. The van der Waals surface area contributed by atoms with E-state index in [1.54, 1.807) is 78.9 Å². The van der Waals surface area contributed by atoms with Crippen LogP contribution in [0.25, 0.3) is 11.1 Å². The highest BCUT2D eigenvalue weighted by Gasteiger charge is 2.18. The van der Waals surface area contributed by atoms with Gasteiger partial charge in [-0.15, -0.1) is 0 Å². The zero-order valence-corrected chi connectivity index (χ0v) is 16.7. The number of carbonyl (C=O) groups excluding carboxylic acids is 2. The third-order valence-electron chi connectivity index (χ3n) is 4.74. The maximum absolute atomic E-state index is 13.0. The summed E-state index contributed by atoms with van der Waals surface area (Å²) in [6.07, 6.45) is 1.41. The highest BCUT2D eigenvalue weighted by atomic mass is 16.4. The predicted octanol–water partition coefficient (Wildman–Crippen LogP) is 5.15. The van der Waals surface area contributed by atoms with E-state index >= 15 is 0 Å². The van der Waals surface area contributed by atoms with Crippen LogP contribution in [0.5, 0.6) is 0 Å². The Hall–Kier alpha value is -4.65. The summed E-state index contributed by atoms with van der Waals surface area (Å²) in [6, 6.07) is 23.2. The Morgan fingerprint density at radius 1 is 0.656 bits per heavy atom. The molecule has 1 heterocycles. The zero-order valence-electron chi connectivity index (χ0n) is 16.7. The summed E-state index contributed by atoms with van der Waals surface area (Å²) in [4.78, 5) is 36.9. The third-order valence-corrected chi connectivity index (χ3v) is 4.74. The Morgan fingerprint density at radius 2 is 1.25 bits per heavy atom. The van der Waals surface area contributed by atoms with Crippen molar-refractivity contribution in [2.24, 2.45) is 0 Å². The normalized spacial score (nSPS) is 10.4. The van der Waals surface area contributed by atoms with E-state index in [0.717, 1.165) is 0 Å². The van der Waals surface area contributed by atoms with Crippen molar-refractivity contribution in [2.45, 2.75) is 0 Å². The second-order valence-electron chi connectivity index (χ2n) is 6.86. The fourth-order valence-corrected chi connectivity index (χ4v) is 3.29. The lowest BCUT2D eigenvalue weighted by molar-refractivity contribution is 0.0697. The number of carbonyl (C=O) groups is 3. The molecule has 0 bridgehead atoms. The smallest absolute Gasteiger partial charge is 0.336 e. The number of hydrogen-bond acceptors (Lipinski definition) is 4. The average Bonchev–Trinajstić information content (AvgIpc) is 3.34. The molecule has 4 aromatic rings. The number of rotatable bonds is 6. The lowest BCUT2D eigenvalue weighted by Gasteiger charge is -2.13. The molecule has 3 aromatic carbocycles. The molecule has 1 aromatic heterocycles. The number of carboxylic acids is 1. The fraction of sp³-hybridized carbons (Fsp3) is 0. The lowest BCUT2D eigenvalue weighted by atomic mass is 9.95. The summed E-state index contributed by atoms with van der Waals surface area (Å²) in [6.45, 7) is 0. The maximum atomic E-state index is 13.0. The Kier molecular flexibility index (Phi) is 5.81. The van der Waals surface area contributed by atoms with Gasteiger partial charge in [0.05, 0.1) is 11.8 Å². The maximum Gasteiger partial charge on any atom is 0.336 e. The first kappa shape index (κ1) is 20.6. The molecular weight excluding hydrogens is 408 g/mol. The number of carboxylic acid groups (broad SMARTS) is 1. The molecule has 7 heteroatoms. The van der Waals surface area contributed by atoms with Gasteiger partial charge in [0.2, 0.25) is 0 Å². The summed E-state index contributed by atoms with van der Waals surface area (Å²) in [5, 5.41) is 15.0. The molecular formula is C25H18N2O5. The van der Waals surface area contributed by atoms with Crippen LogP contribution in [0.4, 0.5) is 11.4 Å². The van der Waals surface area contributed by atoms with Gasteiger partial charge in [0.25, 0.3) is 11.8 Å². The van der Waals surface area contributed by atoms with Gasteiger partial charge in [0, 0.05) is 16.9 Å². The molecule has 0 atom stereocenters. The first-order valence-electron chi connectivity index (χ1n) is 9.71. The quantitative estimate of drug-likeness (QED) is 0.395. The molecule has 0 aliphatic carbocycles. The van der Waals surface area contributed by atoms with Crippen LogP contribution >= 0.6 is 0 Å². The second kappa shape index (κ2) is 9.01. The Labute approximate surface area is 183 Å². The summed E-state index contributed by atoms with van der Waals surface area (Å²) in [5.74, 6) is -1.72. The molecule has 0 aliphatic heterocycles. The first-order chi connectivity index (χ1) is 15.5. The van der Waals surface area contributed by atoms with E-state index in [0.29, 0.717) is 28.1 Å². The SMILES string of the molecule is O=C(Nc1cccc(NC(=O)c2ccccc2-c2ccccc2C(=O)O)c1)c1ccco1. The van der Waals surface area contributed by atoms with Crippen LogP contribution in [-0.4, -0.2) is 22.9 Å². The van der Waals surface area contributed by atoms with E-state index in [4.69, 9.17) is 4.42 Å². The Balaban J connectivity index is 1.58. The molecule has 0 fully saturated rings. The molecule has 4 rings (SSSR count). The highest BCUT2D eigenvalue weighted by molar-refractivity contribution is 6.10. The summed E-state index contributed by atoms with van der Waals surface area (Å²) in [5.41, 5.74) is 2.33. The van der Waals surface area contributed by atoms with Gasteiger partial charge in [-0.1, -0.05) is 42.5 Å². The van der Waals surface area contributed by atoms with Gasteiger partial charge < -0.3 is 20.2 Å². The van der Waals surface area contributed by atoms with Gasteiger partial charge in [0.1, 0.15) is 0 Å². The van der Waals surface area contributed by atoms with Crippen LogP contribution in [-0.2, 0) is 0 Å². The van der Waals surface area contributed by atoms with Crippen LogP contribution in [0.2, 0.25) is 0 Å². The number of anilines is 2. The van der Waals surface area contributed by atoms with E-state index in [1.807, 2.05) is 0 Å². The number of aromatic carboxylic acids is 1. The van der Waals surface area contributed by atoms with Gasteiger partial charge in [-0.25, -0.2) is 4.79 Å². The van der Waals surface area contributed by atoms with Crippen LogP contribution < -0.4 is 10.6 Å². The molecule has 7 nitrogen and oxygen atoms in total. The van der Waals surface area contributed by atoms with E-state index in [-0.39, 0.29) is 11.3 Å². The molecule has 0 aliphatic rings. The summed E-state index contributed by atoms with van der Waals surface area (Å²) >= 11 is 0. The minimum atomic E-state index is -1.07. The standard InChI is InChI=1S/C25H18N2O5/c28-23(20-11-3-1-9-18(20)19-10-2-4-12-21(19)25(30)31)26-16-7-5-8-17(15-16)27-24(29)22-13-6-14-32-22/h1-15H,(H,26,28)(H,27,29)(H,30,31). The first-order valence-corrected chi connectivity index (χ1v) is 9.71. The zero-order chi connectivity index (χ0) is 22.5. The van der Waals surface area contributed by atoms with Crippen molar-refractivity contribution < 1.29 is 23.9 Å². The van der Waals surface area contributed by atoms with Crippen LogP contribution in [0.3, 0.4) is 0 Å². The van der Waals surface area contributed by atoms with E-state index in [1.165, 1.54) is 12.3 Å². The van der Waals surface area contributed by atoms with Gasteiger partial charge in [-0.05, 0) is 53.6 Å². The number of hydrogen-bond donors (Lipinski definition) is 3. The van der Waals surface area contributed by atoms with Gasteiger partial charge >= 0.3 is 5.97 Å². The second-order valence-corrected chi connectivity index (χ2v) is 6.86. The molecule has 32 heavy (non-hydrogen) atoms. The average molecular weight is 426 g/mol. The lowest BCUT2D eigenvalue weighted by Crippen LogP contribution is -2.15. The summed E-state index contributed by atoms with van der Waals surface area (Å²) in [7, 11) is 0. The molecule has 158 valence electrons. The van der Waals surface area contributed by atoms with E-state index in [9.17, 15) is 19.5 Å². The number of furan rings is 1. The highest BCUT2D eigenvalue weighted by Crippen LogP contribution is 2.28. The topological polar surface area (TPSA) is 109 Å². The van der Waals surface area contributed by atoms with Crippen LogP contribution in [0.1, 0.15) is 31.3 Å². The third kappa shape index (κ3) is 4.41. The minimum absolute atomic E-state index is 0.107. The van der Waals surface area contributed by atoms with Crippen LogP contribution in [0, 0.1) is 0 Å². The number of amides is 2. The molecule has 0 saturated carbocycles. The van der Waals surface area contributed by atoms with Crippen molar-refractivity contribution in [1.82, 2.24) is 0 Å². The molecule has 0 saturated heterocycles. The van der Waals surface area contributed by atoms with Gasteiger partial charge in [0.15, 0.2) is 5.76 Å². The Morgan fingerprint density at radius 3 is 1.88 bits per heavy atom. The van der Waals surface area contributed by atoms with Gasteiger partial charge in [-0.3, -0.25) is 9.59 Å². The Bertz CT molecular complexity index is 1300. The van der Waals surface area contributed by atoms with Crippen molar-refractivity contribution in [2.75, 3.05) is 10.6 Å². The van der Waals surface area contributed by atoms with Crippen molar-refractivity contribution in [3.8, 4) is 11.1 Å². The predicted molar refractivity (Wildman–Crippen MR) is 120 cm³/mol. The van der Waals surface area contributed by atoms with E-state index < -0.39 is 17.8 Å². The summed E-state index contributed by atoms with van der Waals surface area (Å²) < 4.78 is 5.08. The van der Waals surface area contributed by atoms with Crippen LogP contribution in [0.15, 0.2) is 95.6 Å².